The van der Waals surface area contributed by atoms with Crippen LogP contribution in [-0.2, 0) is 11.2 Å². The first-order chi connectivity index (χ1) is 10.2. The van der Waals surface area contributed by atoms with Gasteiger partial charge in [-0.05, 0) is 30.5 Å². The van der Waals surface area contributed by atoms with Crippen molar-refractivity contribution in [1.82, 2.24) is 5.43 Å². The Balaban J connectivity index is 1.95. The maximum Gasteiger partial charge on any atom is 0.245 e. The molecular weight excluding hydrogens is 288 g/mol. The third kappa shape index (κ3) is 4.32. The minimum atomic E-state index is -0.200. The van der Waals surface area contributed by atoms with Gasteiger partial charge >= 0.3 is 0 Å². The van der Waals surface area contributed by atoms with E-state index in [0.717, 1.165) is 4.88 Å². The number of thiophene rings is 1. The average molecular weight is 304 g/mol. The molecule has 1 heterocycles. The number of benzene rings is 1. The Labute approximate surface area is 126 Å². The zero-order valence-corrected chi connectivity index (χ0v) is 12.4. The van der Waals surface area contributed by atoms with E-state index < -0.39 is 0 Å². The van der Waals surface area contributed by atoms with Crippen LogP contribution in [0.5, 0.6) is 11.5 Å². The molecule has 0 bridgehead atoms. The number of para-hydroxylation sites is 1. The topological polar surface area (TPSA) is 70.9 Å². The molecule has 0 saturated carbocycles. The maximum absolute atomic E-state index is 11.6. The van der Waals surface area contributed by atoms with Crippen molar-refractivity contribution in [3.8, 4) is 11.5 Å². The normalized spacial score (nSPS) is 10.7. The summed E-state index contributed by atoms with van der Waals surface area (Å²) in [5, 5.41) is 15.7. The highest BCUT2D eigenvalue weighted by Gasteiger charge is 2.06. The summed E-state index contributed by atoms with van der Waals surface area (Å²) in [6.07, 6.45) is 1.68. The quantitative estimate of drug-likeness (QED) is 0.636. The summed E-state index contributed by atoms with van der Waals surface area (Å²) in [7, 11) is 0. The molecule has 0 atom stereocenters. The molecule has 1 aromatic carbocycles. The number of phenolic OH excluding ortho intramolecular Hbond substituents is 1. The van der Waals surface area contributed by atoms with Crippen LogP contribution < -0.4 is 10.2 Å². The first-order valence-electron chi connectivity index (χ1n) is 6.49. The van der Waals surface area contributed by atoms with Crippen molar-refractivity contribution in [1.29, 1.82) is 0 Å². The summed E-state index contributed by atoms with van der Waals surface area (Å²) < 4.78 is 5.28. The largest absolute Gasteiger partial charge is 0.504 e. The molecule has 6 heteroatoms. The van der Waals surface area contributed by atoms with Crippen molar-refractivity contribution in [3.05, 3.63) is 46.2 Å². The van der Waals surface area contributed by atoms with E-state index in [-0.39, 0.29) is 11.7 Å². The number of nitrogens with one attached hydrogen (secondary N) is 1. The monoisotopic (exact) mass is 304 g/mol. The molecule has 0 spiro atoms. The van der Waals surface area contributed by atoms with Crippen molar-refractivity contribution in [2.75, 3.05) is 6.61 Å². The van der Waals surface area contributed by atoms with Gasteiger partial charge in [0.25, 0.3) is 0 Å². The molecule has 2 N–H and O–H groups in total. The smallest absolute Gasteiger partial charge is 0.245 e. The van der Waals surface area contributed by atoms with E-state index in [2.05, 4.69) is 10.5 Å². The zero-order chi connectivity index (χ0) is 15.1. The summed E-state index contributed by atoms with van der Waals surface area (Å²) in [6, 6.07) is 8.90. The van der Waals surface area contributed by atoms with E-state index in [1.807, 2.05) is 24.4 Å². The number of nitrogens with zero attached hydrogens (tertiary/aromatic N) is 1. The SMILES string of the molecule is CCOc1cccc(/C=N\NC(=O)Cc2cccs2)c1O. The number of ether oxygens (including phenoxy) is 1. The van der Waals surface area contributed by atoms with Crippen molar-refractivity contribution in [2.24, 2.45) is 5.10 Å². The predicted octanol–water partition coefficient (Wildman–Crippen LogP) is 2.55. The summed E-state index contributed by atoms with van der Waals surface area (Å²) in [4.78, 5) is 12.6. The van der Waals surface area contributed by atoms with E-state index in [0.29, 0.717) is 24.3 Å². The van der Waals surface area contributed by atoms with Gasteiger partial charge in [-0.1, -0.05) is 12.1 Å². The Morgan fingerprint density at radius 1 is 1.43 bits per heavy atom. The van der Waals surface area contributed by atoms with Gasteiger partial charge in [-0.2, -0.15) is 5.10 Å². The fourth-order valence-electron chi connectivity index (χ4n) is 1.70. The van der Waals surface area contributed by atoms with E-state index in [1.165, 1.54) is 17.6 Å². The minimum absolute atomic E-state index is 0.00982. The molecule has 0 saturated heterocycles. The molecular formula is C15H16N2O3S. The maximum atomic E-state index is 11.6. The molecule has 0 radical (unpaired) electrons. The van der Waals surface area contributed by atoms with Gasteiger partial charge in [-0.25, -0.2) is 5.43 Å². The molecule has 0 unspecified atom stereocenters. The third-order valence-electron chi connectivity index (χ3n) is 2.64. The molecule has 110 valence electrons. The van der Waals surface area contributed by atoms with Gasteiger partial charge in [0.05, 0.1) is 19.2 Å². The van der Waals surface area contributed by atoms with Crippen LogP contribution >= 0.6 is 11.3 Å². The molecule has 0 aliphatic heterocycles. The van der Waals surface area contributed by atoms with Gasteiger partial charge in [0.1, 0.15) is 0 Å². The molecule has 0 aliphatic rings. The lowest BCUT2D eigenvalue weighted by Gasteiger charge is -2.07. The molecule has 1 amide bonds. The molecule has 21 heavy (non-hydrogen) atoms. The highest BCUT2D eigenvalue weighted by atomic mass is 32.1. The molecule has 1 aromatic heterocycles. The van der Waals surface area contributed by atoms with Crippen LogP contribution in [0.25, 0.3) is 0 Å². The Hall–Kier alpha value is -2.34. The highest BCUT2D eigenvalue weighted by molar-refractivity contribution is 7.10. The van der Waals surface area contributed by atoms with Crippen LogP contribution in [0, 0.1) is 0 Å². The second-order valence-electron chi connectivity index (χ2n) is 4.18. The number of aromatic hydroxyl groups is 1. The van der Waals surface area contributed by atoms with Crippen LogP contribution in [0.15, 0.2) is 40.8 Å². The van der Waals surface area contributed by atoms with E-state index in [1.54, 1.807) is 18.2 Å². The standard InChI is InChI=1S/C15H16N2O3S/c1-2-20-13-7-3-5-11(15(13)19)10-16-17-14(18)9-12-6-4-8-21-12/h3-8,10,19H,2,9H2,1H3,(H,17,18)/b16-10-. The van der Waals surface area contributed by atoms with Gasteiger partial charge in [0.15, 0.2) is 11.5 Å². The van der Waals surface area contributed by atoms with Crippen LogP contribution in [0.1, 0.15) is 17.4 Å². The zero-order valence-electron chi connectivity index (χ0n) is 11.6. The molecule has 2 rings (SSSR count). The fraction of sp³-hybridized carbons (Fsp3) is 0.200. The first-order valence-corrected chi connectivity index (χ1v) is 7.37. The summed E-state index contributed by atoms with van der Waals surface area (Å²) >= 11 is 1.52. The molecule has 5 nitrogen and oxygen atoms in total. The Morgan fingerprint density at radius 3 is 3.00 bits per heavy atom. The Kier molecular flexibility index (Phi) is 5.34. The van der Waals surface area contributed by atoms with Gasteiger partial charge in [0, 0.05) is 10.4 Å². The number of phenols is 1. The summed E-state index contributed by atoms with van der Waals surface area (Å²) in [5.41, 5.74) is 2.92. The predicted molar refractivity (Wildman–Crippen MR) is 83.0 cm³/mol. The number of hydrogen-bond donors (Lipinski definition) is 2. The third-order valence-corrected chi connectivity index (χ3v) is 3.51. The number of hydrazone groups is 1. The molecule has 0 aliphatic carbocycles. The van der Waals surface area contributed by atoms with E-state index in [4.69, 9.17) is 4.74 Å². The fourth-order valence-corrected chi connectivity index (χ4v) is 2.40. The first kappa shape index (κ1) is 15.1. The van der Waals surface area contributed by atoms with E-state index in [9.17, 15) is 9.90 Å². The molecule has 0 fully saturated rings. The van der Waals surface area contributed by atoms with Gasteiger partial charge < -0.3 is 9.84 Å². The second-order valence-corrected chi connectivity index (χ2v) is 5.21. The Bertz CT molecular complexity index is 624. The minimum Gasteiger partial charge on any atom is -0.504 e. The number of amides is 1. The van der Waals surface area contributed by atoms with Crippen LogP contribution in [-0.4, -0.2) is 23.8 Å². The number of hydrogen-bond acceptors (Lipinski definition) is 5. The number of rotatable bonds is 6. The Morgan fingerprint density at radius 2 is 2.29 bits per heavy atom. The second kappa shape index (κ2) is 7.44. The number of carbonyl (C=O) groups excluding carboxylic acids is 1. The van der Waals surface area contributed by atoms with Crippen molar-refractivity contribution in [2.45, 2.75) is 13.3 Å². The number of carbonyl (C=O) groups is 1. The highest BCUT2D eigenvalue weighted by Crippen LogP contribution is 2.28. The van der Waals surface area contributed by atoms with Crippen molar-refractivity contribution < 1.29 is 14.6 Å². The van der Waals surface area contributed by atoms with Crippen LogP contribution in [0.4, 0.5) is 0 Å². The lowest BCUT2D eigenvalue weighted by Crippen LogP contribution is -2.19. The van der Waals surface area contributed by atoms with Crippen molar-refractivity contribution >= 4 is 23.5 Å². The summed E-state index contributed by atoms with van der Waals surface area (Å²) in [6.45, 7) is 2.30. The lowest BCUT2D eigenvalue weighted by molar-refractivity contribution is -0.120. The van der Waals surface area contributed by atoms with E-state index >= 15 is 0 Å². The van der Waals surface area contributed by atoms with Gasteiger partial charge in [-0.3, -0.25) is 4.79 Å². The summed E-state index contributed by atoms with van der Waals surface area (Å²) in [5.74, 6) is 0.205. The van der Waals surface area contributed by atoms with Gasteiger partial charge in [-0.15, -0.1) is 11.3 Å². The molecule has 2 aromatic rings. The average Bonchev–Trinajstić information content (AvgIpc) is 2.96. The van der Waals surface area contributed by atoms with Gasteiger partial charge in [0.2, 0.25) is 5.91 Å². The van der Waals surface area contributed by atoms with Crippen molar-refractivity contribution in [3.63, 3.8) is 0 Å². The lowest BCUT2D eigenvalue weighted by atomic mass is 10.2. The van der Waals surface area contributed by atoms with Crippen LogP contribution in [0.2, 0.25) is 0 Å². The van der Waals surface area contributed by atoms with Crippen LogP contribution in [0.3, 0.4) is 0 Å².